The van der Waals surface area contributed by atoms with Crippen LogP contribution in [0.1, 0.15) is 74.3 Å². The van der Waals surface area contributed by atoms with Gasteiger partial charge < -0.3 is 19.5 Å². The van der Waals surface area contributed by atoms with E-state index in [1.54, 1.807) is 31.9 Å². The Morgan fingerprint density at radius 3 is 2.26 bits per heavy atom. The largest absolute Gasteiger partial charge is 0.463 e. The van der Waals surface area contributed by atoms with Crippen molar-refractivity contribution >= 4 is 28.7 Å². The minimum Gasteiger partial charge on any atom is -0.463 e. The standard InChI is InChI=1S/C31H47N3O4/c1-12-38-29(37)21(4)17-25(20(2)3)34(11)28(36)27(30(5,6)7)32-26(35)18-31(8,9)23-19-33(10)24-16-14-13-15-22(23)24/h13-17,19-20,25,27H,12,18H2,1-11H3,(H,32,35)/b21-17+/t25-,27-/m1/s1. The summed E-state index contributed by atoms with van der Waals surface area (Å²) in [6.45, 7) is 17.7. The zero-order valence-electron chi connectivity index (χ0n) is 25.1. The Labute approximate surface area is 228 Å². The SMILES string of the molecule is CCOC(=O)/C(C)=C/[C@H](C(C)C)N(C)C(=O)[C@@H](NC(=O)CC(C)(C)c1cn(C)c2ccccc12)C(C)(C)C. The van der Waals surface area contributed by atoms with E-state index >= 15 is 0 Å². The molecule has 1 heterocycles. The molecule has 0 saturated heterocycles. The number of amides is 2. The van der Waals surface area contributed by atoms with E-state index in [0.29, 0.717) is 12.2 Å². The number of benzene rings is 1. The van der Waals surface area contributed by atoms with Gasteiger partial charge in [0.1, 0.15) is 6.04 Å². The van der Waals surface area contributed by atoms with E-state index in [1.807, 2.05) is 53.8 Å². The summed E-state index contributed by atoms with van der Waals surface area (Å²) in [6.07, 6.45) is 4.11. The van der Waals surface area contributed by atoms with Crippen LogP contribution in [0.5, 0.6) is 0 Å². The van der Waals surface area contributed by atoms with Crippen molar-refractivity contribution in [1.82, 2.24) is 14.8 Å². The lowest BCUT2D eigenvalue weighted by Gasteiger charge is -2.38. The molecule has 0 aliphatic heterocycles. The number of para-hydroxylation sites is 1. The van der Waals surface area contributed by atoms with Crippen LogP contribution < -0.4 is 5.32 Å². The van der Waals surface area contributed by atoms with Gasteiger partial charge in [0.05, 0.1) is 12.6 Å². The summed E-state index contributed by atoms with van der Waals surface area (Å²) in [5, 5.41) is 4.18. The van der Waals surface area contributed by atoms with E-state index in [9.17, 15) is 14.4 Å². The predicted octanol–water partition coefficient (Wildman–Crippen LogP) is 5.37. The molecule has 0 radical (unpaired) electrons. The van der Waals surface area contributed by atoms with Crippen LogP contribution in [0.3, 0.4) is 0 Å². The zero-order chi connectivity index (χ0) is 29.0. The molecule has 1 aromatic carbocycles. The van der Waals surface area contributed by atoms with Crippen LogP contribution in [0.25, 0.3) is 10.9 Å². The number of carbonyl (C=O) groups is 3. The van der Waals surface area contributed by atoms with Crippen LogP contribution in [0.4, 0.5) is 0 Å². The van der Waals surface area contributed by atoms with Gasteiger partial charge in [-0.05, 0) is 36.8 Å². The van der Waals surface area contributed by atoms with Crippen LogP contribution in [0, 0.1) is 11.3 Å². The molecule has 0 spiro atoms. The summed E-state index contributed by atoms with van der Waals surface area (Å²) in [7, 11) is 3.74. The van der Waals surface area contributed by atoms with Crippen LogP contribution in [-0.2, 0) is 31.6 Å². The molecule has 1 N–H and O–H groups in total. The van der Waals surface area contributed by atoms with Crippen molar-refractivity contribution < 1.29 is 19.1 Å². The van der Waals surface area contributed by atoms with Gasteiger partial charge in [-0.25, -0.2) is 4.79 Å². The van der Waals surface area contributed by atoms with E-state index in [-0.39, 0.29) is 30.2 Å². The van der Waals surface area contributed by atoms with Crippen molar-refractivity contribution in [2.75, 3.05) is 13.7 Å². The molecule has 2 rings (SSSR count). The predicted molar refractivity (Wildman–Crippen MR) is 154 cm³/mol. The maximum atomic E-state index is 13.8. The lowest BCUT2D eigenvalue weighted by Crippen LogP contribution is -2.56. The molecule has 0 bridgehead atoms. The second kappa shape index (κ2) is 12.2. The Bertz CT molecular complexity index is 1180. The molecule has 38 heavy (non-hydrogen) atoms. The molecule has 1 aromatic heterocycles. The number of carbonyl (C=O) groups excluding carboxylic acids is 3. The van der Waals surface area contributed by atoms with Gasteiger partial charge in [-0.1, -0.05) is 72.7 Å². The zero-order valence-corrected chi connectivity index (χ0v) is 25.1. The third kappa shape index (κ3) is 7.27. The summed E-state index contributed by atoms with van der Waals surface area (Å²) in [5.74, 6) is -0.713. The van der Waals surface area contributed by atoms with Crippen molar-refractivity contribution in [3.63, 3.8) is 0 Å². The molecular formula is C31H47N3O4. The highest BCUT2D eigenvalue weighted by atomic mass is 16.5. The summed E-state index contributed by atoms with van der Waals surface area (Å²) >= 11 is 0. The molecular weight excluding hydrogens is 478 g/mol. The first-order valence-corrected chi connectivity index (χ1v) is 13.5. The fraction of sp³-hybridized carbons (Fsp3) is 0.581. The number of hydrogen-bond acceptors (Lipinski definition) is 4. The Kier molecular flexibility index (Phi) is 9.98. The smallest absolute Gasteiger partial charge is 0.333 e. The molecule has 210 valence electrons. The number of nitrogens with zero attached hydrogens (tertiary/aromatic N) is 2. The first kappa shape index (κ1) is 31.1. The second-order valence-corrected chi connectivity index (χ2v) is 12.4. The molecule has 0 aliphatic carbocycles. The highest BCUT2D eigenvalue weighted by Crippen LogP contribution is 2.34. The average Bonchev–Trinajstić information content (AvgIpc) is 3.16. The fourth-order valence-electron chi connectivity index (χ4n) is 4.91. The van der Waals surface area contributed by atoms with Crippen LogP contribution in [0.15, 0.2) is 42.1 Å². The number of aryl methyl sites for hydroxylation is 1. The van der Waals surface area contributed by atoms with Crippen molar-refractivity contribution in [3.8, 4) is 0 Å². The molecule has 0 aliphatic rings. The monoisotopic (exact) mass is 525 g/mol. The van der Waals surface area contributed by atoms with Crippen LogP contribution in [-0.4, -0.2) is 53.0 Å². The number of hydrogen-bond donors (Lipinski definition) is 1. The Morgan fingerprint density at radius 1 is 1.11 bits per heavy atom. The van der Waals surface area contributed by atoms with Gasteiger partial charge in [-0.3, -0.25) is 9.59 Å². The molecule has 2 aromatic rings. The van der Waals surface area contributed by atoms with Crippen molar-refractivity contribution in [1.29, 1.82) is 0 Å². The first-order chi connectivity index (χ1) is 17.5. The summed E-state index contributed by atoms with van der Waals surface area (Å²) in [5.41, 5.74) is 1.71. The topological polar surface area (TPSA) is 80.6 Å². The van der Waals surface area contributed by atoms with Gasteiger partial charge in [0, 0.05) is 48.6 Å². The maximum Gasteiger partial charge on any atom is 0.333 e. The molecule has 2 atom stereocenters. The molecule has 7 nitrogen and oxygen atoms in total. The minimum absolute atomic E-state index is 0.0509. The summed E-state index contributed by atoms with van der Waals surface area (Å²) < 4.78 is 7.20. The summed E-state index contributed by atoms with van der Waals surface area (Å²) in [6, 6.07) is 7.10. The number of aromatic nitrogens is 1. The quantitative estimate of drug-likeness (QED) is 0.334. The molecule has 0 saturated carbocycles. The highest BCUT2D eigenvalue weighted by Gasteiger charge is 2.38. The van der Waals surface area contributed by atoms with Crippen molar-refractivity contribution in [3.05, 3.63) is 47.7 Å². The van der Waals surface area contributed by atoms with Crippen molar-refractivity contribution in [2.24, 2.45) is 18.4 Å². The van der Waals surface area contributed by atoms with Gasteiger partial charge in [0.15, 0.2) is 0 Å². The van der Waals surface area contributed by atoms with E-state index in [2.05, 4.69) is 42.1 Å². The third-order valence-electron chi connectivity index (χ3n) is 7.14. The lowest BCUT2D eigenvalue weighted by atomic mass is 9.80. The van der Waals surface area contributed by atoms with E-state index in [1.165, 1.54) is 0 Å². The van der Waals surface area contributed by atoms with Gasteiger partial charge in [0.2, 0.25) is 11.8 Å². The van der Waals surface area contributed by atoms with Crippen LogP contribution in [0.2, 0.25) is 0 Å². The number of rotatable bonds is 10. The molecule has 0 fully saturated rings. The minimum atomic E-state index is -0.735. The van der Waals surface area contributed by atoms with Gasteiger partial charge in [-0.2, -0.15) is 0 Å². The first-order valence-electron chi connectivity index (χ1n) is 13.5. The maximum absolute atomic E-state index is 13.8. The Hall–Kier alpha value is -3.09. The number of esters is 1. The number of likely N-dealkylation sites (N-methyl/N-ethyl adjacent to an activating group) is 1. The molecule has 7 heteroatoms. The molecule has 2 amide bonds. The van der Waals surface area contributed by atoms with E-state index < -0.39 is 22.8 Å². The normalized spacial score (nSPS) is 14.4. The Morgan fingerprint density at radius 2 is 1.71 bits per heavy atom. The van der Waals surface area contributed by atoms with E-state index in [0.717, 1.165) is 16.5 Å². The fourth-order valence-corrected chi connectivity index (χ4v) is 4.91. The van der Waals surface area contributed by atoms with Gasteiger partial charge in [0.25, 0.3) is 0 Å². The Balaban J connectivity index is 2.29. The number of ether oxygens (including phenoxy) is 1. The van der Waals surface area contributed by atoms with E-state index in [4.69, 9.17) is 4.74 Å². The van der Waals surface area contributed by atoms with Gasteiger partial charge >= 0.3 is 5.97 Å². The highest BCUT2D eigenvalue weighted by molar-refractivity contribution is 5.91. The van der Waals surface area contributed by atoms with Crippen molar-refractivity contribution in [2.45, 2.75) is 86.2 Å². The average molecular weight is 526 g/mol. The third-order valence-corrected chi connectivity index (χ3v) is 7.14. The number of fused-ring (bicyclic) bond motifs is 1. The lowest BCUT2D eigenvalue weighted by molar-refractivity contribution is -0.140. The summed E-state index contributed by atoms with van der Waals surface area (Å²) in [4.78, 5) is 41.1. The number of nitrogens with one attached hydrogen (secondary N) is 1. The van der Waals surface area contributed by atoms with Crippen LogP contribution >= 0.6 is 0 Å². The second-order valence-electron chi connectivity index (χ2n) is 12.4. The van der Waals surface area contributed by atoms with Gasteiger partial charge in [-0.15, -0.1) is 0 Å². The molecule has 0 unspecified atom stereocenters.